The summed E-state index contributed by atoms with van der Waals surface area (Å²) in [5.41, 5.74) is 3.40. The van der Waals surface area contributed by atoms with E-state index in [2.05, 4.69) is 4.98 Å². The molecule has 3 aromatic rings. The van der Waals surface area contributed by atoms with Gasteiger partial charge < -0.3 is 4.42 Å². The first-order valence-electron chi connectivity index (χ1n) is 6.07. The summed E-state index contributed by atoms with van der Waals surface area (Å²) in [6.45, 7) is 1.87. The number of oxazole rings is 1. The summed E-state index contributed by atoms with van der Waals surface area (Å²) in [5.74, 6) is -0.837. The summed E-state index contributed by atoms with van der Waals surface area (Å²) >= 11 is 6.42. The van der Waals surface area contributed by atoms with Crippen molar-refractivity contribution in [3.63, 3.8) is 0 Å². The van der Waals surface area contributed by atoms with Crippen molar-refractivity contribution in [2.24, 2.45) is 0 Å². The van der Waals surface area contributed by atoms with Crippen LogP contribution in [0.15, 0.2) is 45.6 Å². The number of aromatic amines is 1. The van der Waals surface area contributed by atoms with Gasteiger partial charge in [0.05, 0.1) is 10.9 Å². The number of rotatable bonds is 2. The van der Waals surface area contributed by atoms with Gasteiger partial charge in [-0.05, 0) is 47.9 Å². The fraction of sp³-hybridized carbons (Fsp3) is 0.133. The lowest BCUT2D eigenvalue weighted by Gasteiger charge is -2.13. The Morgan fingerprint density at radius 1 is 1.25 bits per heavy atom. The SMILES string of the molecule is Cc1ccc(F)cc1C(Cl)c1ccc2[nH]c(=O)oc2c1. The van der Waals surface area contributed by atoms with Crippen molar-refractivity contribution in [2.45, 2.75) is 12.3 Å². The van der Waals surface area contributed by atoms with Crippen LogP contribution in [0, 0.1) is 12.7 Å². The smallest absolute Gasteiger partial charge is 0.408 e. The van der Waals surface area contributed by atoms with Crippen LogP contribution in [0.4, 0.5) is 4.39 Å². The highest BCUT2D eigenvalue weighted by Gasteiger charge is 2.15. The molecule has 1 aromatic heterocycles. The molecule has 0 radical (unpaired) electrons. The molecule has 3 nitrogen and oxygen atoms in total. The molecule has 1 N–H and O–H groups in total. The quantitative estimate of drug-likeness (QED) is 0.728. The van der Waals surface area contributed by atoms with E-state index in [0.717, 1.165) is 11.1 Å². The highest BCUT2D eigenvalue weighted by molar-refractivity contribution is 6.22. The standard InChI is InChI=1S/C15H11ClFNO2/c1-8-2-4-10(17)7-11(8)14(16)9-3-5-12-13(6-9)20-15(19)18-12/h2-7,14H,1H3,(H,18,19). The van der Waals surface area contributed by atoms with E-state index in [1.165, 1.54) is 12.1 Å². The Hall–Kier alpha value is -2.07. The molecule has 1 atom stereocenters. The van der Waals surface area contributed by atoms with E-state index in [4.69, 9.17) is 16.0 Å². The molecular weight excluding hydrogens is 281 g/mol. The monoisotopic (exact) mass is 291 g/mol. The minimum atomic E-state index is -0.509. The van der Waals surface area contributed by atoms with Crippen molar-refractivity contribution in [3.8, 4) is 0 Å². The number of fused-ring (bicyclic) bond motifs is 1. The molecule has 2 aromatic carbocycles. The second-order valence-corrected chi connectivity index (χ2v) is 5.07. The zero-order valence-electron chi connectivity index (χ0n) is 10.6. The Labute approximate surface area is 119 Å². The molecular formula is C15H11ClFNO2. The second-order valence-electron chi connectivity index (χ2n) is 4.63. The third-order valence-corrected chi connectivity index (χ3v) is 3.74. The van der Waals surface area contributed by atoms with Crippen LogP contribution in [-0.4, -0.2) is 4.98 Å². The molecule has 3 rings (SSSR count). The number of halogens is 2. The largest absolute Gasteiger partial charge is 0.417 e. The molecule has 5 heteroatoms. The number of aromatic nitrogens is 1. The molecule has 0 fully saturated rings. The van der Waals surface area contributed by atoms with Gasteiger partial charge in [0.1, 0.15) is 5.82 Å². The van der Waals surface area contributed by atoms with E-state index in [1.54, 1.807) is 24.3 Å². The first-order chi connectivity index (χ1) is 9.54. The van der Waals surface area contributed by atoms with Crippen molar-refractivity contribution in [1.82, 2.24) is 4.98 Å². The molecule has 0 aliphatic heterocycles. The first kappa shape index (κ1) is 12.9. The lowest BCUT2D eigenvalue weighted by molar-refractivity contribution is 0.555. The van der Waals surface area contributed by atoms with Gasteiger partial charge in [0, 0.05) is 0 Å². The van der Waals surface area contributed by atoms with Crippen LogP contribution in [0.2, 0.25) is 0 Å². The van der Waals surface area contributed by atoms with Crippen LogP contribution in [-0.2, 0) is 0 Å². The number of aryl methyl sites for hydroxylation is 1. The number of alkyl halides is 1. The van der Waals surface area contributed by atoms with E-state index in [0.29, 0.717) is 16.7 Å². The van der Waals surface area contributed by atoms with E-state index < -0.39 is 11.1 Å². The zero-order chi connectivity index (χ0) is 14.3. The molecule has 0 bridgehead atoms. The number of hydrogen-bond acceptors (Lipinski definition) is 2. The Balaban J connectivity index is 2.09. The maximum Gasteiger partial charge on any atom is 0.417 e. The third kappa shape index (κ3) is 2.23. The molecule has 0 aliphatic carbocycles. The number of nitrogens with one attached hydrogen (secondary N) is 1. The Bertz CT molecular complexity index is 837. The van der Waals surface area contributed by atoms with Gasteiger partial charge in [-0.25, -0.2) is 9.18 Å². The van der Waals surface area contributed by atoms with Gasteiger partial charge in [0.25, 0.3) is 0 Å². The van der Waals surface area contributed by atoms with Crippen LogP contribution in [0.25, 0.3) is 11.1 Å². The van der Waals surface area contributed by atoms with Crippen LogP contribution >= 0.6 is 11.6 Å². The lowest BCUT2D eigenvalue weighted by Crippen LogP contribution is -1.97. The fourth-order valence-electron chi connectivity index (χ4n) is 2.18. The van der Waals surface area contributed by atoms with E-state index in [1.807, 2.05) is 6.92 Å². The number of hydrogen-bond donors (Lipinski definition) is 1. The molecule has 0 saturated carbocycles. The topological polar surface area (TPSA) is 46.0 Å². The van der Waals surface area contributed by atoms with Crippen LogP contribution in [0.5, 0.6) is 0 Å². The predicted molar refractivity (Wildman–Crippen MR) is 75.7 cm³/mol. The molecule has 0 aliphatic rings. The van der Waals surface area contributed by atoms with Gasteiger partial charge in [-0.3, -0.25) is 4.98 Å². The lowest BCUT2D eigenvalue weighted by atomic mass is 9.99. The van der Waals surface area contributed by atoms with Gasteiger partial charge in [0.2, 0.25) is 0 Å². The summed E-state index contributed by atoms with van der Waals surface area (Å²) in [6.07, 6.45) is 0. The number of benzene rings is 2. The maximum atomic E-state index is 13.4. The highest BCUT2D eigenvalue weighted by atomic mass is 35.5. The molecule has 1 unspecified atom stereocenters. The van der Waals surface area contributed by atoms with Gasteiger partial charge in [-0.2, -0.15) is 0 Å². The van der Waals surface area contributed by atoms with E-state index >= 15 is 0 Å². The molecule has 102 valence electrons. The average Bonchev–Trinajstić information content (AvgIpc) is 2.79. The Morgan fingerprint density at radius 3 is 2.85 bits per heavy atom. The number of H-pyrrole nitrogens is 1. The van der Waals surface area contributed by atoms with Gasteiger partial charge >= 0.3 is 5.76 Å². The Morgan fingerprint density at radius 2 is 2.05 bits per heavy atom. The zero-order valence-corrected chi connectivity index (χ0v) is 11.4. The van der Waals surface area contributed by atoms with Gasteiger partial charge in [-0.15, -0.1) is 11.6 Å². The second kappa shape index (κ2) is 4.80. The normalized spacial score (nSPS) is 12.8. The fourth-order valence-corrected chi connectivity index (χ4v) is 2.55. The van der Waals surface area contributed by atoms with E-state index in [9.17, 15) is 9.18 Å². The van der Waals surface area contributed by atoms with Gasteiger partial charge in [-0.1, -0.05) is 12.1 Å². The molecule has 0 spiro atoms. The summed E-state index contributed by atoms with van der Waals surface area (Å²) < 4.78 is 18.4. The van der Waals surface area contributed by atoms with Crippen LogP contribution in [0.3, 0.4) is 0 Å². The first-order valence-corrected chi connectivity index (χ1v) is 6.51. The maximum absolute atomic E-state index is 13.4. The minimum Gasteiger partial charge on any atom is -0.408 e. The van der Waals surface area contributed by atoms with Gasteiger partial charge in [0.15, 0.2) is 5.58 Å². The summed E-state index contributed by atoms with van der Waals surface area (Å²) in [7, 11) is 0. The molecule has 0 saturated heterocycles. The van der Waals surface area contributed by atoms with Crippen LogP contribution in [0.1, 0.15) is 22.1 Å². The Kier molecular flexibility index (Phi) is 3.10. The minimum absolute atomic E-state index is 0.328. The van der Waals surface area contributed by atoms with Crippen molar-refractivity contribution in [1.29, 1.82) is 0 Å². The van der Waals surface area contributed by atoms with E-state index in [-0.39, 0.29) is 5.82 Å². The average molecular weight is 292 g/mol. The molecule has 20 heavy (non-hydrogen) atoms. The van der Waals surface area contributed by atoms with Crippen LogP contribution < -0.4 is 5.76 Å². The predicted octanol–water partition coefficient (Wildman–Crippen LogP) is 3.90. The third-order valence-electron chi connectivity index (χ3n) is 3.25. The van der Waals surface area contributed by atoms with Crippen molar-refractivity contribution >= 4 is 22.7 Å². The van der Waals surface area contributed by atoms with Crippen molar-refractivity contribution in [2.75, 3.05) is 0 Å². The van der Waals surface area contributed by atoms with Crippen molar-refractivity contribution in [3.05, 3.63) is 69.5 Å². The summed E-state index contributed by atoms with van der Waals surface area (Å²) in [5, 5.41) is -0.504. The summed E-state index contributed by atoms with van der Waals surface area (Å²) in [4.78, 5) is 13.7. The van der Waals surface area contributed by atoms with Crippen molar-refractivity contribution < 1.29 is 8.81 Å². The molecule has 1 heterocycles. The highest BCUT2D eigenvalue weighted by Crippen LogP contribution is 2.32. The summed E-state index contributed by atoms with van der Waals surface area (Å²) in [6, 6.07) is 9.71. The molecule has 0 amide bonds.